The van der Waals surface area contributed by atoms with Crippen molar-refractivity contribution < 1.29 is 9.53 Å². The number of hydrogen-bond donors (Lipinski definition) is 2. The van der Waals surface area contributed by atoms with Crippen LogP contribution in [-0.2, 0) is 16.0 Å². The van der Waals surface area contributed by atoms with E-state index < -0.39 is 0 Å². The van der Waals surface area contributed by atoms with Gasteiger partial charge < -0.3 is 15.0 Å². The fourth-order valence-electron chi connectivity index (χ4n) is 3.86. The van der Waals surface area contributed by atoms with Crippen LogP contribution in [0, 0.1) is 5.41 Å². The van der Waals surface area contributed by atoms with Crippen LogP contribution in [0.2, 0.25) is 0 Å². The van der Waals surface area contributed by atoms with Gasteiger partial charge in [-0.2, -0.15) is 5.10 Å². The Hall–Kier alpha value is -1.89. The molecule has 1 aromatic carbocycles. The molecule has 1 aliphatic rings. The molecule has 1 amide bonds. The van der Waals surface area contributed by atoms with Gasteiger partial charge in [0.1, 0.15) is 0 Å². The van der Waals surface area contributed by atoms with E-state index in [0.29, 0.717) is 6.61 Å². The lowest BCUT2D eigenvalue weighted by Crippen LogP contribution is -2.50. The number of nitrogens with zero attached hydrogens (tertiary/aromatic N) is 2. The average molecular weight is 407 g/mol. The van der Waals surface area contributed by atoms with Crippen LogP contribution >= 0.6 is 12.4 Å². The standard InChI is InChI=1S/C21H30N4O2.ClH/c1-25(20(26)21(16-27-2)10-12-22-13-11-21)14-6-9-18-15-19(24-23-18)17-7-4-3-5-8-17;/h3-5,7-8,15,22H,6,9-14,16H2,1-2H3,(H,23,24);1H. The van der Waals surface area contributed by atoms with Crippen molar-refractivity contribution in [2.45, 2.75) is 25.7 Å². The largest absolute Gasteiger partial charge is 0.384 e. The normalized spacial score (nSPS) is 15.6. The number of rotatable bonds is 8. The Morgan fingerprint density at radius 1 is 1.25 bits per heavy atom. The number of ether oxygens (including phenoxy) is 1. The molecule has 3 rings (SSSR count). The fourth-order valence-corrected chi connectivity index (χ4v) is 3.86. The van der Waals surface area contributed by atoms with E-state index in [1.807, 2.05) is 30.1 Å². The summed E-state index contributed by atoms with van der Waals surface area (Å²) in [4.78, 5) is 14.9. The molecule has 2 N–H and O–H groups in total. The van der Waals surface area contributed by atoms with Crippen molar-refractivity contribution in [1.29, 1.82) is 0 Å². The second-order valence-electron chi connectivity index (χ2n) is 7.44. The summed E-state index contributed by atoms with van der Waals surface area (Å²) < 4.78 is 5.39. The number of piperidine rings is 1. The van der Waals surface area contributed by atoms with Gasteiger partial charge in [-0.15, -0.1) is 12.4 Å². The lowest BCUT2D eigenvalue weighted by Gasteiger charge is -2.38. The number of benzene rings is 1. The zero-order valence-corrected chi connectivity index (χ0v) is 17.6. The van der Waals surface area contributed by atoms with Crippen molar-refractivity contribution in [3.05, 3.63) is 42.1 Å². The van der Waals surface area contributed by atoms with Crippen LogP contribution in [-0.4, -0.2) is 61.4 Å². The fraction of sp³-hybridized carbons (Fsp3) is 0.524. The van der Waals surface area contributed by atoms with Gasteiger partial charge in [0, 0.05) is 32.0 Å². The van der Waals surface area contributed by atoms with Crippen LogP contribution in [0.25, 0.3) is 11.3 Å². The van der Waals surface area contributed by atoms with E-state index in [1.165, 1.54) is 0 Å². The summed E-state index contributed by atoms with van der Waals surface area (Å²) in [5, 5.41) is 10.9. The molecule has 1 saturated heterocycles. The quantitative estimate of drug-likeness (QED) is 0.707. The Labute approximate surface area is 173 Å². The smallest absolute Gasteiger partial charge is 0.230 e. The predicted molar refractivity (Wildman–Crippen MR) is 114 cm³/mol. The monoisotopic (exact) mass is 406 g/mol. The number of halogens is 1. The second-order valence-corrected chi connectivity index (χ2v) is 7.44. The maximum atomic E-state index is 13.0. The number of aromatic nitrogens is 2. The highest BCUT2D eigenvalue weighted by molar-refractivity contribution is 5.85. The molecule has 28 heavy (non-hydrogen) atoms. The number of H-pyrrole nitrogens is 1. The molecule has 0 aliphatic carbocycles. The molecule has 0 saturated carbocycles. The van der Waals surface area contributed by atoms with Crippen LogP contribution in [0.15, 0.2) is 36.4 Å². The van der Waals surface area contributed by atoms with Gasteiger partial charge in [0.05, 0.1) is 17.7 Å². The van der Waals surface area contributed by atoms with Crippen molar-refractivity contribution in [2.24, 2.45) is 5.41 Å². The van der Waals surface area contributed by atoms with Crippen LogP contribution in [0.3, 0.4) is 0 Å². The van der Waals surface area contributed by atoms with Crippen molar-refractivity contribution >= 4 is 18.3 Å². The SMILES string of the molecule is COCC1(C(=O)N(C)CCCc2cc(-c3ccccc3)n[nH]2)CCNCC1.Cl. The third kappa shape index (κ3) is 5.34. The number of aromatic amines is 1. The molecule has 1 aliphatic heterocycles. The van der Waals surface area contributed by atoms with Crippen molar-refractivity contribution in [1.82, 2.24) is 20.4 Å². The Bertz CT molecular complexity index is 724. The van der Waals surface area contributed by atoms with Crippen molar-refractivity contribution in [2.75, 3.05) is 40.4 Å². The summed E-state index contributed by atoms with van der Waals surface area (Å²) in [5.41, 5.74) is 2.80. The first kappa shape index (κ1) is 22.4. The molecular formula is C21H31ClN4O2. The Morgan fingerprint density at radius 3 is 2.64 bits per heavy atom. The van der Waals surface area contributed by atoms with Gasteiger partial charge in [-0.1, -0.05) is 30.3 Å². The molecule has 0 spiro atoms. The highest BCUT2D eigenvalue weighted by atomic mass is 35.5. The number of carbonyl (C=O) groups excluding carboxylic acids is 1. The summed E-state index contributed by atoms with van der Waals surface area (Å²) in [6.07, 6.45) is 3.45. The van der Waals surface area contributed by atoms with Crippen molar-refractivity contribution in [3.8, 4) is 11.3 Å². The third-order valence-corrected chi connectivity index (χ3v) is 5.42. The van der Waals surface area contributed by atoms with E-state index in [4.69, 9.17) is 4.74 Å². The number of hydrogen-bond acceptors (Lipinski definition) is 4. The lowest BCUT2D eigenvalue weighted by molar-refractivity contribution is -0.146. The highest BCUT2D eigenvalue weighted by Crippen LogP contribution is 2.31. The Morgan fingerprint density at radius 2 is 1.96 bits per heavy atom. The van der Waals surface area contributed by atoms with E-state index in [0.717, 1.165) is 62.3 Å². The van der Waals surface area contributed by atoms with Gasteiger partial charge in [0.2, 0.25) is 5.91 Å². The first-order valence-electron chi connectivity index (χ1n) is 9.69. The summed E-state index contributed by atoms with van der Waals surface area (Å²) in [6, 6.07) is 12.2. The minimum absolute atomic E-state index is 0. The molecule has 6 nitrogen and oxygen atoms in total. The van der Waals surface area contributed by atoms with Crippen LogP contribution in [0.1, 0.15) is 25.0 Å². The predicted octanol–water partition coefficient (Wildman–Crippen LogP) is 2.91. The maximum Gasteiger partial charge on any atom is 0.230 e. The van der Waals surface area contributed by atoms with Crippen LogP contribution < -0.4 is 5.32 Å². The Balaban J connectivity index is 0.00000280. The lowest BCUT2D eigenvalue weighted by atomic mass is 9.78. The van der Waals surface area contributed by atoms with E-state index in [2.05, 4.69) is 33.7 Å². The molecule has 0 atom stereocenters. The minimum atomic E-state index is -0.372. The molecular weight excluding hydrogens is 376 g/mol. The summed E-state index contributed by atoms with van der Waals surface area (Å²) in [5.74, 6) is 0.209. The minimum Gasteiger partial charge on any atom is -0.384 e. The van der Waals surface area contributed by atoms with Gasteiger partial charge in [-0.3, -0.25) is 9.89 Å². The Kier molecular flexibility index (Phi) is 8.48. The first-order valence-corrected chi connectivity index (χ1v) is 9.69. The number of amides is 1. The molecule has 1 fully saturated rings. The molecule has 1 aromatic heterocycles. The first-order chi connectivity index (χ1) is 13.1. The zero-order valence-electron chi connectivity index (χ0n) is 16.7. The summed E-state index contributed by atoms with van der Waals surface area (Å²) in [7, 11) is 3.59. The number of aryl methyl sites for hydroxylation is 1. The van der Waals surface area contributed by atoms with Crippen molar-refractivity contribution in [3.63, 3.8) is 0 Å². The van der Waals surface area contributed by atoms with E-state index in [-0.39, 0.29) is 23.7 Å². The molecule has 2 aromatic rings. The van der Waals surface area contributed by atoms with E-state index >= 15 is 0 Å². The molecule has 0 bridgehead atoms. The third-order valence-electron chi connectivity index (χ3n) is 5.42. The number of methoxy groups -OCH3 is 1. The van der Waals surface area contributed by atoms with Crippen LogP contribution in [0.4, 0.5) is 0 Å². The second kappa shape index (κ2) is 10.6. The zero-order chi connectivity index (χ0) is 19.1. The van der Waals surface area contributed by atoms with Gasteiger partial charge >= 0.3 is 0 Å². The highest BCUT2D eigenvalue weighted by Gasteiger charge is 2.41. The maximum absolute atomic E-state index is 13.0. The summed E-state index contributed by atoms with van der Waals surface area (Å²) >= 11 is 0. The average Bonchev–Trinajstić information content (AvgIpc) is 3.18. The molecule has 2 heterocycles. The molecule has 0 unspecified atom stereocenters. The van der Waals surface area contributed by atoms with Gasteiger partial charge in [-0.25, -0.2) is 0 Å². The van der Waals surface area contributed by atoms with Gasteiger partial charge in [-0.05, 0) is 44.8 Å². The summed E-state index contributed by atoms with van der Waals surface area (Å²) in [6.45, 7) is 2.98. The van der Waals surface area contributed by atoms with Gasteiger partial charge in [0.15, 0.2) is 0 Å². The number of nitrogens with one attached hydrogen (secondary N) is 2. The molecule has 7 heteroatoms. The topological polar surface area (TPSA) is 70.2 Å². The molecule has 0 radical (unpaired) electrons. The van der Waals surface area contributed by atoms with E-state index in [1.54, 1.807) is 7.11 Å². The van der Waals surface area contributed by atoms with Gasteiger partial charge in [0.25, 0.3) is 0 Å². The molecule has 154 valence electrons. The van der Waals surface area contributed by atoms with Crippen LogP contribution in [0.5, 0.6) is 0 Å². The number of carbonyl (C=O) groups is 1. The van der Waals surface area contributed by atoms with E-state index in [9.17, 15) is 4.79 Å².